The molecular weight excluding hydrogens is 114 g/mol. The van der Waals surface area contributed by atoms with Gasteiger partial charge in [0.05, 0.1) is 6.04 Å². The van der Waals surface area contributed by atoms with Crippen LogP contribution in [0.25, 0.3) is 0 Å². The van der Waals surface area contributed by atoms with E-state index in [-0.39, 0.29) is 0 Å². The van der Waals surface area contributed by atoms with Crippen molar-refractivity contribution in [3.8, 4) is 0 Å². The summed E-state index contributed by atoms with van der Waals surface area (Å²) >= 11 is 0. The van der Waals surface area contributed by atoms with Crippen LogP contribution in [0.3, 0.4) is 0 Å². The molecule has 2 atom stereocenters. The number of carbonyl (C=O) groups is 1. The quantitative estimate of drug-likeness (QED) is 0.365. The number of rotatable bonds is 1. The topological polar surface area (TPSA) is 20.3 Å². The van der Waals surface area contributed by atoms with Crippen molar-refractivity contribution in [3.05, 3.63) is 12.2 Å². The maximum Gasteiger partial charge on any atom is 0.210 e. The predicted octanol–water partition coefficient (Wildman–Crippen LogP) is 0.403. The minimum atomic E-state index is 0.437. The molecule has 0 aromatic carbocycles. The third kappa shape index (κ3) is 0.590. The van der Waals surface area contributed by atoms with Gasteiger partial charge in [-0.3, -0.25) is 4.79 Å². The molecule has 0 N–H and O–H groups in total. The molecule has 0 saturated carbocycles. The van der Waals surface area contributed by atoms with Crippen LogP contribution in [0.1, 0.15) is 6.42 Å². The summed E-state index contributed by atoms with van der Waals surface area (Å²) in [5, 5.41) is 0. The second-order valence-corrected chi connectivity index (χ2v) is 2.75. The Hall–Kier alpha value is -0.790. The van der Waals surface area contributed by atoms with Crippen molar-refractivity contribution >= 4 is 6.41 Å². The number of fused-ring (bicyclic) bond motifs is 2. The number of hydrogen-bond donors (Lipinski definition) is 0. The molecule has 2 heteroatoms. The molecule has 2 rings (SSSR count). The minimum Gasteiger partial charge on any atom is -0.338 e. The lowest BCUT2D eigenvalue weighted by Gasteiger charge is -2.17. The highest BCUT2D eigenvalue weighted by molar-refractivity contribution is 5.50. The molecule has 2 nitrogen and oxygen atoms in total. The van der Waals surface area contributed by atoms with Gasteiger partial charge in [-0.15, -0.1) is 0 Å². The Morgan fingerprint density at radius 2 is 2.44 bits per heavy atom. The molecule has 2 aliphatic rings. The summed E-state index contributed by atoms with van der Waals surface area (Å²) in [5.74, 6) is 0.667. The van der Waals surface area contributed by atoms with E-state index in [0.29, 0.717) is 12.0 Å². The van der Waals surface area contributed by atoms with Crippen LogP contribution in [0.2, 0.25) is 0 Å². The standard InChI is InChI=1S/C7H9NO/c9-5-8-4-6-1-2-7(8)3-6/h1-2,5-7H,3-4H2. The fourth-order valence-electron chi connectivity index (χ4n) is 1.66. The van der Waals surface area contributed by atoms with Crippen molar-refractivity contribution in [2.45, 2.75) is 12.5 Å². The van der Waals surface area contributed by atoms with Crippen LogP contribution in [0.15, 0.2) is 12.2 Å². The maximum absolute atomic E-state index is 10.3. The van der Waals surface area contributed by atoms with Crippen LogP contribution in [0, 0.1) is 5.92 Å². The monoisotopic (exact) mass is 123 g/mol. The average molecular weight is 123 g/mol. The van der Waals surface area contributed by atoms with Crippen LogP contribution in [-0.4, -0.2) is 23.9 Å². The van der Waals surface area contributed by atoms with Gasteiger partial charge in [-0.1, -0.05) is 12.2 Å². The molecule has 1 heterocycles. The molecule has 2 bridgehead atoms. The van der Waals surface area contributed by atoms with Crippen LogP contribution in [0.4, 0.5) is 0 Å². The Bertz CT molecular complexity index is 164. The number of likely N-dealkylation sites (tertiary alicyclic amines) is 1. The number of carbonyl (C=O) groups excluding carboxylic acids is 1. The maximum atomic E-state index is 10.3. The van der Waals surface area contributed by atoms with Gasteiger partial charge in [0.15, 0.2) is 0 Å². The van der Waals surface area contributed by atoms with E-state index in [1.165, 1.54) is 6.42 Å². The van der Waals surface area contributed by atoms with E-state index in [4.69, 9.17) is 0 Å². The third-order valence-electron chi connectivity index (χ3n) is 2.16. The van der Waals surface area contributed by atoms with Crippen molar-refractivity contribution in [1.29, 1.82) is 0 Å². The summed E-state index contributed by atoms with van der Waals surface area (Å²) in [4.78, 5) is 12.2. The summed E-state index contributed by atoms with van der Waals surface area (Å²) in [7, 11) is 0. The molecule has 0 aromatic rings. The minimum absolute atomic E-state index is 0.437. The summed E-state index contributed by atoms with van der Waals surface area (Å²) in [6.45, 7) is 0.949. The van der Waals surface area contributed by atoms with Crippen molar-refractivity contribution in [2.24, 2.45) is 5.92 Å². The van der Waals surface area contributed by atoms with Gasteiger partial charge in [-0.05, 0) is 12.3 Å². The van der Waals surface area contributed by atoms with Crippen LogP contribution >= 0.6 is 0 Å². The average Bonchev–Trinajstić information content (AvgIpc) is 2.45. The highest BCUT2D eigenvalue weighted by atomic mass is 16.1. The van der Waals surface area contributed by atoms with E-state index >= 15 is 0 Å². The van der Waals surface area contributed by atoms with Gasteiger partial charge in [-0.2, -0.15) is 0 Å². The molecule has 9 heavy (non-hydrogen) atoms. The van der Waals surface area contributed by atoms with Gasteiger partial charge in [0.25, 0.3) is 0 Å². The van der Waals surface area contributed by atoms with Crippen LogP contribution in [0.5, 0.6) is 0 Å². The summed E-state index contributed by atoms with van der Waals surface area (Å²) in [5.41, 5.74) is 0. The van der Waals surface area contributed by atoms with Gasteiger partial charge in [0, 0.05) is 6.54 Å². The van der Waals surface area contributed by atoms with E-state index in [9.17, 15) is 4.79 Å². The Kier molecular flexibility index (Phi) is 0.891. The first-order valence-electron chi connectivity index (χ1n) is 3.29. The molecule has 0 radical (unpaired) electrons. The fourth-order valence-corrected chi connectivity index (χ4v) is 1.66. The van der Waals surface area contributed by atoms with Crippen molar-refractivity contribution in [3.63, 3.8) is 0 Å². The van der Waals surface area contributed by atoms with Gasteiger partial charge >= 0.3 is 0 Å². The fraction of sp³-hybridized carbons (Fsp3) is 0.571. The summed E-state index contributed by atoms with van der Waals surface area (Å²) in [6.07, 6.45) is 6.46. The van der Waals surface area contributed by atoms with E-state index in [1.807, 2.05) is 4.90 Å². The first kappa shape index (κ1) is 5.03. The molecule has 1 amide bonds. The number of nitrogens with zero attached hydrogens (tertiary/aromatic N) is 1. The first-order chi connectivity index (χ1) is 4.40. The molecule has 0 spiro atoms. The molecule has 1 saturated heterocycles. The summed E-state index contributed by atoms with van der Waals surface area (Å²) < 4.78 is 0. The van der Waals surface area contributed by atoms with E-state index in [2.05, 4.69) is 12.2 Å². The van der Waals surface area contributed by atoms with Crippen molar-refractivity contribution < 1.29 is 4.79 Å². The molecule has 48 valence electrons. The lowest BCUT2D eigenvalue weighted by atomic mass is 10.2. The largest absolute Gasteiger partial charge is 0.338 e. The predicted molar refractivity (Wildman–Crippen MR) is 33.8 cm³/mol. The lowest BCUT2D eigenvalue weighted by Crippen LogP contribution is -2.27. The third-order valence-corrected chi connectivity index (χ3v) is 2.16. The first-order valence-corrected chi connectivity index (χ1v) is 3.29. The second-order valence-electron chi connectivity index (χ2n) is 2.75. The zero-order valence-electron chi connectivity index (χ0n) is 5.16. The summed E-state index contributed by atoms with van der Waals surface area (Å²) in [6, 6.07) is 0.437. The van der Waals surface area contributed by atoms with Crippen LogP contribution < -0.4 is 0 Å². The Morgan fingerprint density at radius 3 is 2.78 bits per heavy atom. The van der Waals surface area contributed by atoms with Gasteiger partial charge < -0.3 is 4.90 Å². The van der Waals surface area contributed by atoms with Gasteiger partial charge in [-0.25, -0.2) is 0 Å². The van der Waals surface area contributed by atoms with E-state index in [0.717, 1.165) is 13.0 Å². The normalized spacial score (nSPS) is 38.0. The smallest absolute Gasteiger partial charge is 0.210 e. The highest BCUT2D eigenvalue weighted by Crippen LogP contribution is 2.29. The molecule has 0 aromatic heterocycles. The van der Waals surface area contributed by atoms with E-state index < -0.39 is 0 Å². The molecule has 1 aliphatic carbocycles. The molecule has 1 fully saturated rings. The van der Waals surface area contributed by atoms with Crippen molar-refractivity contribution in [2.75, 3.05) is 6.54 Å². The second kappa shape index (κ2) is 1.59. The Morgan fingerprint density at radius 1 is 1.56 bits per heavy atom. The number of amides is 1. The van der Waals surface area contributed by atoms with Crippen molar-refractivity contribution in [1.82, 2.24) is 4.90 Å². The zero-order chi connectivity index (χ0) is 6.27. The van der Waals surface area contributed by atoms with Gasteiger partial charge in [0.2, 0.25) is 6.41 Å². The zero-order valence-corrected chi connectivity index (χ0v) is 5.16. The molecular formula is C7H9NO. The lowest BCUT2D eigenvalue weighted by molar-refractivity contribution is -0.118. The molecule has 2 unspecified atom stereocenters. The van der Waals surface area contributed by atoms with Crippen LogP contribution in [-0.2, 0) is 4.79 Å². The SMILES string of the molecule is O=CN1CC2C=CC1C2. The van der Waals surface area contributed by atoms with E-state index in [1.54, 1.807) is 0 Å². The Balaban J connectivity index is 2.19. The highest BCUT2D eigenvalue weighted by Gasteiger charge is 2.32. The number of hydrogen-bond acceptors (Lipinski definition) is 1. The van der Waals surface area contributed by atoms with Gasteiger partial charge in [0.1, 0.15) is 0 Å². The Labute approximate surface area is 54.1 Å². The molecule has 1 aliphatic heterocycles.